The minimum Gasteiger partial charge on any atom is -0.352 e. The molecule has 0 saturated carbocycles. The van der Waals surface area contributed by atoms with E-state index in [9.17, 15) is 9.59 Å². The van der Waals surface area contributed by atoms with E-state index in [0.29, 0.717) is 18.7 Å². The third-order valence-corrected chi connectivity index (χ3v) is 3.90. The van der Waals surface area contributed by atoms with Crippen LogP contribution in [0.1, 0.15) is 42.1 Å². The topological polar surface area (TPSA) is 75.4 Å². The highest BCUT2D eigenvalue weighted by atomic mass is 35.5. The first-order valence-corrected chi connectivity index (χ1v) is 7.46. The van der Waals surface area contributed by atoms with Gasteiger partial charge in [0.25, 0.3) is 5.91 Å². The molecule has 1 aliphatic heterocycles. The van der Waals surface area contributed by atoms with Gasteiger partial charge in [-0.05, 0) is 37.0 Å². The second-order valence-corrected chi connectivity index (χ2v) is 5.49. The number of hydrogen-bond acceptors (Lipinski definition) is 3. The molecule has 0 radical (unpaired) electrons. The molecule has 1 aliphatic rings. The molecular formula is C16H24ClN3O2. The summed E-state index contributed by atoms with van der Waals surface area (Å²) in [5.74, 6) is -0.00881. The van der Waals surface area contributed by atoms with Crippen LogP contribution in [0.3, 0.4) is 0 Å². The highest BCUT2D eigenvalue weighted by Crippen LogP contribution is 2.19. The molecule has 0 bridgehead atoms. The number of benzene rings is 1. The molecule has 5 nitrogen and oxygen atoms in total. The molecule has 3 N–H and O–H groups in total. The maximum absolute atomic E-state index is 12.5. The fraction of sp³-hybridized carbons (Fsp3) is 0.500. The van der Waals surface area contributed by atoms with Crippen LogP contribution in [0.25, 0.3) is 0 Å². The summed E-state index contributed by atoms with van der Waals surface area (Å²) in [7, 11) is 0. The van der Waals surface area contributed by atoms with Crippen molar-refractivity contribution >= 4 is 24.2 Å². The van der Waals surface area contributed by atoms with Crippen molar-refractivity contribution in [1.82, 2.24) is 10.2 Å². The lowest BCUT2D eigenvalue weighted by molar-refractivity contribution is -0.119. The van der Waals surface area contributed by atoms with Gasteiger partial charge < -0.3 is 16.0 Å². The lowest BCUT2D eigenvalue weighted by atomic mass is 10.0. The summed E-state index contributed by atoms with van der Waals surface area (Å²) in [5.41, 5.74) is 7.43. The number of nitrogens with two attached hydrogens (primary N) is 1. The molecule has 22 heavy (non-hydrogen) atoms. The van der Waals surface area contributed by atoms with E-state index in [1.54, 1.807) is 0 Å². The normalized spacial score (nSPS) is 17.5. The minimum atomic E-state index is -0.0609. The van der Waals surface area contributed by atoms with Crippen molar-refractivity contribution in [3.8, 4) is 0 Å². The molecule has 1 unspecified atom stereocenters. The monoisotopic (exact) mass is 325 g/mol. The fourth-order valence-corrected chi connectivity index (χ4v) is 2.67. The van der Waals surface area contributed by atoms with Crippen molar-refractivity contribution in [2.75, 3.05) is 13.1 Å². The zero-order valence-electron chi connectivity index (χ0n) is 12.9. The molecule has 6 heteroatoms. The Balaban J connectivity index is 0.00000242. The number of nitrogens with zero attached hydrogens (tertiary/aromatic N) is 1. The molecule has 0 aliphatic carbocycles. The number of halogens is 1. The Morgan fingerprint density at radius 1 is 1.27 bits per heavy atom. The molecule has 2 amide bonds. The second kappa shape index (κ2) is 8.76. The Kier molecular flexibility index (Phi) is 7.35. The number of likely N-dealkylation sites (tertiary alicyclic amines) is 1. The number of carbonyl (C=O) groups is 2. The van der Waals surface area contributed by atoms with E-state index < -0.39 is 0 Å². The van der Waals surface area contributed by atoms with Gasteiger partial charge in [0, 0.05) is 38.2 Å². The van der Waals surface area contributed by atoms with Gasteiger partial charge >= 0.3 is 0 Å². The Morgan fingerprint density at radius 3 is 2.55 bits per heavy atom. The molecule has 0 aromatic heterocycles. The summed E-state index contributed by atoms with van der Waals surface area (Å²) in [6.45, 7) is 3.28. The van der Waals surface area contributed by atoms with Gasteiger partial charge in [0.05, 0.1) is 0 Å². The molecule has 1 atom stereocenters. The zero-order chi connectivity index (χ0) is 15.2. The van der Waals surface area contributed by atoms with E-state index in [2.05, 4.69) is 5.32 Å². The van der Waals surface area contributed by atoms with Gasteiger partial charge in [-0.25, -0.2) is 0 Å². The zero-order valence-corrected chi connectivity index (χ0v) is 13.7. The molecule has 2 rings (SSSR count). The smallest absolute Gasteiger partial charge is 0.254 e. The molecule has 1 heterocycles. The summed E-state index contributed by atoms with van der Waals surface area (Å²) in [6, 6.07) is 7.56. The van der Waals surface area contributed by atoms with Crippen molar-refractivity contribution in [1.29, 1.82) is 0 Å². The van der Waals surface area contributed by atoms with Crippen LogP contribution >= 0.6 is 12.4 Å². The Bertz CT molecular complexity index is 505. The van der Waals surface area contributed by atoms with Crippen molar-refractivity contribution in [2.24, 2.45) is 5.73 Å². The molecule has 0 spiro atoms. The van der Waals surface area contributed by atoms with Crippen molar-refractivity contribution in [3.05, 3.63) is 35.4 Å². The average Bonchev–Trinajstić information content (AvgIpc) is 2.52. The number of piperidine rings is 1. The highest BCUT2D eigenvalue weighted by molar-refractivity contribution is 5.94. The van der Waals surface area contributed by atoms with Gasteiger partial charge in [-0.15, -0.1) is 12.4 Å². The van der Waals surface area contributed by atoms with Gasteiger partial charge in [-0.3, -0.25) is 9.59 Å². The van der Waals surface area contributed by atoms with E-state index >= 15 is 0 Å². The van der Waals surface area contributed by atoms with E-state index in [-0.39, 0.29) is 30.3 Å². The van der Waals surface area contributed by atoms with Crippen molar-refractivity contribution in [3.63, 3.8) is 0 Å². The second-order valence-electron chi connectivity index (χ2n) is 5.49. The third kappa shape index (κ3) is 4.71. The van der Waals surface area contributed by atoms with Gasteiger partial charge in [-0.2, -0.15) is 0 Å². The molecule has 1 aromatic rings. The maximum Gasteiger partial charge on any atom is 0.254 e. The minimum absolute atomic E-state index is 0. The van der Waals surface area contributed by atoms with Crippen LogP contribution in [-0.4, -0.2) is 35.8 Å². The summed E-state index contributed by atoms with van der Waals surface area (Å²) in [4.78, 5) is 25.3. The van der Waals surface area contributed by atoms with Crippen molar-refractivity contribution < 1.29 is 9.59 Å². The first-order valence-electron chi connectivity index (χ1n) is 7.46. The van der Waals surface area contributed by atoms with E-state index in [1.807, 2.05) is 29.2 Å². The summed E-state index contributed by atoms with van der Waals surface area (Å²) in [6.07, 6.45) is 3.17. The number of carbonyl (C=O) groups excluding carboxylic acids is 2. The van der Waals surface area contributed by atoms with Crippen LogP contribution in [0.4, 0.5) is 0 Å². The Labute approximate surface area is 137 Å². The molecule has 122 valence electrons. The first kappa shape index (κ1) is 18.5. The largest absolute Gasteiger partial charge is 0.352 e. The number of rotatable bonds is 4. The maximum atomic E-state index is 12.5. The average molecular weight is 326 g/mol. The van der Waals surface area contributed by atoms with Gasteiger partial charge in [0.1, 0.15) is 0 Å². The predicted octanol–water partition coefficient (Wildman–Crippen LogP) is 1.70. The summed E-state index contributed by atoms with van der Waals surface area (Å²) >= 11 is 0. The Hall–Kier alpha value is -1.59. The fourth-order valence-electron chi connectivity index (χ4n) is 2.67. The lowest BCUT2D eigenvalue weighted by Crippen LogP contribution is -2.47. The van der Waals surface area contributed by atoms with Crippen LogP contribution in [0.2, 0.25) is 0 Å². The van der Waals surface area contributed by atoms with Gasteiger partial charge in [-0.1, -0.05) is 12.1 Å². The lowest BCUT2D eigenvalue weighted by Gasteiger charge is -2.35. The van der Waals surface area contributed by atoms with E-state index in [4.69, 9.17) is 5.73 Å². The van der Waals surface area contributed by atoms with Gasteiger partial charge in [0.15, 0.2) is 0 Å². The molecule has 1 fully saturated rings. The van der Waals surface area contributed by atoms with Gasteiger partial charge in [0.2, 0.25) is 5.91 Å². The van der Waals surface area contributed by atoms with Crippen LogP contribution in [0, 0.1) is 0 Å². The number of hydrogen-bond donors (Lipinski definition) is 2. The highest BCUT2D eigenvalue weighted by Gasteiger charge is 2.26. The molecule has 1 aromatic carbocycles. The number of nitrogens with one attached hydrogen (secondary N) is 1. The van der Waals surface area contributed by atoms with Crippen LogP contribution in [-0.2, 0) is 11.3 Å². The van der Waals surface area contributed by atoms with Crippen LogP contribution in [0.5, 0.6) is 0 Å². The van der Waals surface area contributed by atoms with Crippen LogP contribution in [0.15, 0.2) is 24.3 Å². The quantitative estimate of drug-likeness (QED) is 0.884. The van der Waals surface area contributed by atoms with Crippen molar-refractivity contribution in [2.45, 2.75) is 38.8 Å². The third-order valence-electron chi connectivity index (χ3n) is 3.90. The molecular weight excluding hydrogens is 302 g/mol. The summed E-state index contributed by atoms with van der Waals surface area (Å²) in [5, 5.41) is 2.74. The molecule has 1 saturated heterocycles. The Morgan fingerprint density at radius 2 is 1.95 bits per heavy atom. The number of amides is 2. The standard InChI is InChI=1S/C16H23N3O2.ClH/c1-12(20)18-11-13-5-7-14(8-6-13)16(21)19-9-3-2-4-15(19)10-17;/h5-8,15H,2-4,9-11,17H2,1H3,(H,18,20);1H. The first-order chi connectivity index (χ1) is 10.1. The van der Waals surface area contributed by atoms with Crippen LogP contribution < -0.4 is 11.1 Å². The summed E-state index contributed by atoms with van der Waals surface area (Å²) < 4.78 is 0. The van der Waals surface area contributed by atoms with E-state index in [0.717, 1.165) is 31.4 Å². The predicted molar refractivity (Wildman–Crippen MR) is 88.9 cm³/mol. The van der Waals surface area contributed by atoms with E-state index in [1.165, 1.54) is 6.92 Å². The SMILES string of the molecule is CC(=O)NCc1ccc(C(=O)N2CCCCC2CN)cc1.Cl.